The van der Waals surface area contributed by atoms with Crippen molar-refractivity contribution in [3.63, 3.8) is 0 Å². The van der Waals surface area contributed by atoms with Gasteiger partial charge in [-0.05, 0) is 75.1 Å². The van der Waals surface area contributed by atoms with E-state index in [0.717, 1.165) is 0 Å². The Bertz CT molecular complexity index is 1190. The number of carbonyl (C=O) groups excluding carboxylic acids is 1. The fourth-order valence-electron chi connectivity index (χ4n) is 5.08. The van der Waals surface area contributed by atoms with Crippen molar-refractivity contribution in [2.24, 2.45) is 5.41 Å². The molecule has 10 heteroatoms. The molecule has 0 unspecified atom stereocenters. The van der Waals surface area contributed by atoms with E-state index in [-0.39, 0.29) is 42.0 Å². The third kappa shape index (κ3) is 6.01. The second-order valence-corrected chi connectivity index (χ2v) is 12.4. The summed E-state index contributed by atoms with van der Waals surface area (Å²) in [5.74, 6) is -1.52. The number of aliphatic hydroxyl groups is 1. The standard InChI is InChI=1S/C27H32BrClF2N2O4/c1-16-11-26(24(34)37-25(2,3)4,8-9-33(16)13-17-6-5-7-19(29)22(17)30)12-20-23(31)18(10-21(28)32-20)27(35)14-36-15-27/h5-7,10,16,35H,8-9,11-15H2,1-4H3/t16-,26-/m1/s1. The second-order valence-electron chi connectivity index (χ2n) is 11.2. The molecule has 0 radical (unpaired) electrons. The van der Waals surface area contributed by atoms with Gasteiger partial charge in [0.1, 0.15) is 21.6 Å². The largest absolute Gasteiger partial charge is 0.460 e. The molecule has 0 aliphatic carbocycles. The predicted molar refractivity (Wildman–Crippen MR) is 139 cm³/mol. The Balaban J connectivity index is 1.65. The van der Waals surface area contributed by atoms with Gasteiger partial charge in [0.25, 0.3) is 0 Å². The fraction of sp³-hybridized carbons (Fsp3) is 0.556. The third-order valence-electron chi connectivity index (χ3n) is 7.11. The quantitative estimate of drug-likeness (QED) is 0.346. The summed E-state index contributed by atoms with van der Waals surface area (Å²) in [6, 6.07) is 6.22. The van der Waals surface area contributed by atoms with Gasteiger partial charge in [0.05, 0.1) is 29.3 Å². The molecule has 37 heavy (non-hydrogen) atoms. The number of halogens is 4. The van der Waals surface area contributed by atoms with Crippen molar-refractivity contribution in [3.05, 3.63) is 62.3 Å². The lowest BCUT2D eigenvalue weighted by Gasteiger charge is -2.45. The van der Waals surface area contributed by atoms with E-state index < -0.39 is 34.2 Å². The number of pyridine rings is 1. The minimum atomic E-state index is -1.43. The SMILES string of the molecule is C[C@@H]1C[C@](Cc2nc(Br)cc(C3(O)COC3)c2F)(C(=O)OC(C)(C)C)CCN1Cc1cccc(Cl)c1F. The summed E-state index contributed by atoms with van der Waals surface area (Å²) in [5, 5.41) is 10.8. The van der Waals surface area contributed by atoms with Gasteiger partial charge in [0.2, 0.25) is 0 Å². The molecule has 2 atom stereocenters. The van der Waals surface area contributed by atoms with Crippen molar-refractivity contribution in [2.45, 2.75) is 70.7 Å². The monoisotopic (exact) mass is 600 g/mol. The number of benzene rings is 1. The minimum absolute atomic E-state index is 0.000823. The van der Waals surface area contributed by atoms with Crippen LogP contribution in [0.4, 0.5) is 8.78 Å². The van der Waals surface area contributed by atoms with Crippen LogP contribution in [0.15, 0.2) is 28.9 Å². The molecule has 0 spiro atoms. The van der Waals surface area contributed by atoms with Crippen molar-refractivity contribution < 1.29 is 28.2 Å². The number of rotatable bonds is 6. The maximum atomic E-state index is 15.7. The van der Waals surface area contributed by atoms with Crippen molar-refractivity contribution in [3.8, 4) is 0 Å². The first-order valence-corrected chi connectivity index (χ1v) is 13.5. The van der Waals surface area contributed by atoms with Crippen LogP contribution in [-0.2, 0) is 32.8 Å². The van der Waals surface area contributed by atoms with Gasteiger partial charge < -0.3 is 14.6 Å². The van der Waals surface area contributed by atoms with E-state index in [1.807, 2.05) is 6.92 Å². The molecule has 6 nitrogen and oxygen atoms in total. The van der Waals surface area contributed by atoms with Gasteiger partial charge in [-0.3, -0.25) is 9.69 Å². The predicted octanol–water partition coefficient (Wildman–Crippen LogP) is 5.55. The Kier molecular flexibility index (Phi) is 8.04. The Morgan fingerprint density at radius 2 is 2.03 bits per heavy atom. The molecule has 2 aliphatic rings. The number of esters is 1. The minimum Gasteiger partial charge on any atom is -0.460 e. The lowest BCUT2D eigenvalue weighted by molar-refractivity contribution is -0.186. The zero-order valence-electron chi connectivity index (χ0n) is 21.4. The maximum absolute atomic E-state index is 15.7. The average Bonchev–Trinajstić information content (AvgIpc) is 2.78. The van der Waals surface area contributed by atoms with Crippen LogP contribution < -0.4 is 0 Å². The van der Waals surface area contributed by atoms with Crippen LogP contribution in [0.25, 0.3) is 0 Å². The summed E-state index contributed by atoms with van der Waals surface area (Å²) >= 11 is 9.30. The number of hydrogen-bond donors (Lipinski definition) is 1. The van der Waals surface area contributed by atoms with Crippen molar-refractivity contribution in [1.29, 1.82) is 0 Å². The highest BCUT2D eigenvalue weighted by Gasteiger charge is 2.48. The molecule has 1 N–H and O–H groups in total. The van der Waals surface area contributed by atoms with Crippen LogP contribution in [0.3, 0.4) is 0 Å². The van der Waals surface area contributed by atoms with E-state index in [0.29, 0.717) is 36.1 Å². The molecule has 2 fully saturated rings. The molecule has 0 amide bonds. The first kappa shape index (κ1) is 28.4. The lowest BCUT2D eigenvalue weighted by Crippen LogP contribution is -2.51. The van der Waals surface area contributed by atoms with Crippen molar-refractivity contribution in [2.75, 3.05) is 19.8 Å². The number of carbonyl (C=O) groups is 1. The Hall–Kier alpha value is -1.65. The Morgan fingerprint density at radius 1 is 1.32 bits per heavy atom. The normalized spacial score (nSPS) is 24.0. The van der Waals surface area contributed by atoms with E-state index in [1.54, 1.807) is 32.9 Å². The number of hydrogen-bond acceptors (Lipinski definition) is 6. The number of piperidine rings is 1. The lowest BCUT2D eigenvalue weighted by atomic mass is 9.71. The molecule has 2 saturated heterocycles. The summed E-state index contributed by atoms with van der Waals surface area (Å²) in [5.41, 5.74) is -2.57. The van der Waals surface area contributed by atoms with Gasteiger partial charge in [-0.2, -0.15) is 0 Å². The van der Waals surface area contributed by atoms with Gasteiger partial charge in [-0.25, -0.2) is 13.8 Å². The highest BCUT2D eigenvalue weighted by atomic mass is 79.9. The second kappa shape index (κ2) is 10.5. The topological polar surface area (TPSA) is 71.9 Å². The number of ether oxygens (including phenoxy) is 2. The highest BCUT2D eigenvalue weighted by Crippen LogP contribution is 2.42. The zero-order valence-corrected chi connectivity index (χ0v) is 23.8. The third-order valence-corrected chi connectivity index (χ3v) is 7.81. The van der Waals surface area contributed by atoms with Crippen LogP contribution >= 0.6 is 27.5 Å². The van der Waals surface area contributed by atoms with Crippen LogP contribution in [0.2, 0.25) is 5.02 Å². The molecule has 202 valence electrons. The molecule has 4 rings (SSSR count). The van der Waals surface area contributed by atoms with Crippen LogP contribution in [0.5, 0.6) is 0 Å². The molecule has 2 aliphatic heterocycles. The zero-order chi connectivity index (χ0) is 27.2. The Labute approximate surface area is 229 Å². The van der Waals surface area contributed by atoms with Gasteiger partial charge in [0.15, 0.2) is 5.82 Å². The molecular formula is C27H32BrClF2N2O4. The molecule has 1 aromatic heterocycles. The summed E-state index contributed by atoms with van der Waals surface area (Å²) in [7, 11) is 0. The molecule has 0 saturated carbocycles. The molecule has 1 aromatic carbocycles. The van der Waals surface area contributed by atoms with E-state index >= 15 is 4.39 Å². The smallest absolute Gasteiger partial charge is 0.313 e. The van der Waals surface area contributed by atoms with Crippen molar-refractivity contribution >= 4 is 33.5 Å². The summed E-state index contributed by atoms with van der Waals surface area (Å²) in [6.07, 6.45) is 0.728. The van der Waals surface area contributed by atoms with Gasteiger partial charge >= 0.3 is 5.97 Å². The van der Waals surface area contributed by atoms with Gasteiger partial charge in [-0.15, -0.1) is 0 Å². The molecule has 3 heterocycles. The van der Waals surface area contributed by atoms with Crippen LogP contribution in [0.1, 0.15) is 57.4 Å². The number of nitrogens with zero attached hydrogens (tertiary/aromatic N) is 2. The van der Waals surface area contributed by atoms with E-state index in [9.17, 15) is 14.3 Å². The van der Waals surface area contributed by atoms with E-state index in [4.69, 9.17) is 21.1 Å². The molecule has 2 aromatic rings. The summed E-state index contributed by atoms with van der Waals surface area (Å²) in [6.45, 7) is 8.12. The van der Waals surface area contributed by atoms with Crippen LogP contribution in [-0.4, -0.2) is 52.4 Å². The van der Waals surface area contributed by atoms with E-state index in [2.05, 4.69) is 25.8 Å². The maximum Gasteiger partial charge on any atom is 0.313 e. The first-order valence-electron chi connectivity index (χ1n) is 12.3. The molecule has 0 bridgehead atoms. The fourth-order valence-corrected chi connectivity index (χ4v) is 5.72. The van der Waals surface area contributed by atoms with Gasteiger partial charge in [0, 0.05) is 30.1 Å². The van der Waals surface area contributed by atoms with E-state index in [1.165, 1.54) is 12.1 Å². The Morgan fingerprint density at radius 3 is 2.62 bits per heavy atom. The van der Waals surface area contributed by atoms with Crippen molar-refractivity contribution in [1.82, 2.24) is 9.88 Å². The summed E-state index contributed by atoms with van der Waals surface area (Å²) in [4.78, 5) is 20.1. The number of likely N-dealkylation sites (tertiary alicyclic amines) is 1. The first-order chi connectivity index (χ1) is 17.2. The molecular weight excluding hydrogens is 570 g/mol. The summed E-state index contributed by atoms with van der Waals surface area (Å²) < 4.78 is 41.6. The average molecular weight is 602 g/mol. The highest BCUT2D eigenvalue weighted by molar-refractivity contribution is 9.10. The number of aromatic nitrogens is 1. The van der Waals surface area contributed by atoms with Crippen LogP contribution in [0, 0.1) is 17.0 Å². The van der Waals surface area contributed by atoms with Gasteiger partial charge in [-0.1, -0.05) is 23.7 Å².